The third-order valence-electron chi connectivity index (χ3n) is 7.07. The zero-order valence-electron chi connectivity index (χ0n) is 29.0. The lowest BCUT2D eigenvalue weighted by Crippen LogP contribution is -2.56. The van der Waals surface area contributed by atoms with Gasteiger partial charge in [0.2, 0.25) is 17.7 Å². The van der Waals surface area contributed by atoms with Gasteiger partial charge in [0, 0.05) is 37.5 Å². The van der Waals surface area contributed by atoms with Gasteiger partial charge in [-0.05, 0) is 49.8 Å². The molecule has 2 rings (SSSR count). The van der Waals surface area contributed by atoms with E-state index in [1.807, 2.05) is 6.92 Å². The summed E-state index contributed by atoms with van der Waals surface area (Å²) in [6.45, 7) is 10.1. The number of aromatic nitrogens is 2. The van der Waals surface area contributed by atoms with Crippen molar-refractivity contribution in [3.05, 3.63) is 54.0 Å². The number of hydrogen-bond acceptors (Lipinski definition) is 10. The average Bonchev–Trinajstić information content (AvgIpc) is 3.47. The number of ether oxygens (including phenoxy) is 2. The standard InChI is InChI=1S/C33H48N8O9/c1-7-9-27(44)50-17-21-11-12-23(25(14-21)49-18-26(42)43)38-30(45)24(10-8-13-35-33(34)48)39-31(46)28(19(2)3)40-32(47)29(37-20(4)5)22-15-36-41(6)16-22/h11-12,14-16,19,24,28-29,37H,4,7-10,13,17-18H2,1-3,5-6H3,(H,38,45)(H,39,46)(H,40,47)(H,42,43)(H3,34,35,48)/t24-,28-,29+/m1/s1. The number of nitrogens with two attached hydrogens (primary N) is 1. The van der Waals surface area contributed by atoms with Crippen LogP contribution in [0.4, 0.5) is 10.5 Å². The first kappa shape index (κ1) is 40.6. The molecule has 0 aliphatic rings. The van der Waals surface area contributed by atoms with Crippen LogP contribution in [0.15, 0.2) is 42.9 Å². The minimum Gasteiger partial charge on any atom is -0.480 e. The maximum atomic E-state index is 13.7. The third kappa shape index (κ3) is 13.9. The number of amides is 5. The van der Waals surface area contributed by atoms with E-state index >= 15 is 0 Å². The first-order valence-electron chi connectivity index (χ1n) is 16.1. The Bertz CT molecular complexity index is 1520. The number of carbonyl (C=O) groups excluding carboxylic acids is 5. The van der Waals surface area contributed by atoms with Crippen LogP contribution in [0.2, 0.25) is 0 Å². The molecule has 0 aliphatic heterocycles. The second-order valence-electron chi connectivity index (χ2n) is 11.9. The maximum Gasteiger partial charge on any atom is 0.341 e. The summed E-state index contributed by atoms with van der Waals surface area (Å²) in [5, 5.41) is 26.9. The normalized spacial score (nSPS) is 12.5. The number of anilines is 1. The molecule has 3 atom stereocenters. The van der Waals surface area contributed by atoms with E-state index in [9.17, 15) is 33.9 Å². The fraction of sp³-hybridized carbons (Fsp3) is 0.485. The van der Waals surface area contributed by atoms with Gasteiger partial charge in [-0.2, -0.15) is 5.10 Å². The Hall–Kier alpha value is -5.61. The molecule has 1 heterocycles. The maximum absolute atomic E-state index is 13.7. The molecule has 50 heavy (non-hydrogen) atoms. The minimum atomic E-state index is -1.26. The average molecular weight is 701 g/mol. The molecule has 1 aromatic heterocycles. The van der Waals surface area contributed by atoms with E-state index in [1.54, 1.807) is 40.1 Å². The van der Waals surface area contributed by atoms with Gasteiger partial charge < -0.3 is 46.9 Å². The third-order valence-corrected chi connectivity index (χ3v) is 7.07. The lowest BCUT2D eigenvalue weighted by Gasteiger charge is -2.27. The van der Waals surface area contributed by atoms with Crippen molar-refractivity contribution in [2.75, 3.05) is 18.5 Å². The van der Waals surface area contributed by atoms with Gasteiger partial charge in [0.05, 0.1) is 11.9 Å². The SMILES string of the molecule is C=C(C)N[C@H](C(=O)N[C@@H](C(=O)N[C@H](CCCNC(N)=O)C(=O)Nc1ccc(COC(=O)CCC)cc1OCC(=O)O)C(C)C)c1cnn(C)c1. The largest absolute Gasteiger partial charge is 0.480 e. The van der Waals surface area contributed by atoms with Gasteiger partial charge >= 0.3 is 18.0 Å². The summed E-state index contributed by atoms with van der Waals surface area (Å²) in [5.74, 6) is -3.95. The van der Waals surface area contributed by atoms with E-state index in [0.29, 0.717) is 23.2 Å². The number of hydrogen-bond donors (Lipinski definition) is 7. The molecule has 0 aliphatic carbocycles. The Labute approximate surface area is 290 Å². The number of urea groups is 1. The van der Waals surface area contributed by atoms with E-state index in [-0.39, 0.29) is 43.9 Å². The highest BCUT2D eigenvalue weighted by Crippen LogP contribution is 2.27. The zero-order chi connectivity index (χ0) is 37.4. The number of allylic oxidation sites excluding steroid dienone is 1. The Balaban J connectivity index is 2.32. The summed E-state index contributed by atoms with van der Waals surface area (Å²) in [7, 11) is 1.70. The molecule has 0 saturated carbocycles. The molecule has 0 spiro atoms. The number of nitrogens with zero attached hydrogens (tertiary/aromatic N) is 2. The molecule has 0 unspecified atom stereocenters. The van der Waals surface area contributed by atoms with Crippen LogP contribution in [-0.4, -0.2) is 75.8 Å². The first-order valence-corrected chi connectivity index (χ1v) is 16.1. The zero-order valence-corrected chi connectivity index (χ0v) is 29.0. The van der Waals surface area contributed by atoms with Crippen LogP contribution in [-0.2, 0) is 42.4 Å². The Kier molecular flexibility index (Phi) is 16.3. The predicted octanol–water partition coefficient (Wildman–Crippen LogP) is 1.60. The quantitative estimate of drug-likeness (QED) is 0.0728. The fourth-order valence-corrected chi connectivity index (χ4v) is 4.63. The fourth-order valence-electron chi connectivity index (χ4n) is 4.63. The number of carboxylic acids is 1. The summed E-state index contributed by atoms with van der Waals surface area (Å²) in [6.07, 6.45) is 4.29. The van der Waals surface area contributed by atoms with Gasteiger partial charge in [-0.3, -0.25) is 23.9 Å². The number of carbonyl (C=O) groups is 6. The second kappa shape index (κ2) is 20.0. The molecule has 5 amide bonds. The minimum absolute atomic E-state index is 0.0101. The Morgan fingerprint density at radius 1 is 1.06 bits per heavy atom. The number of aryl methyl sites for hydroxylation is 1. The highest BCUT2D eigenvalue weighted by Gasteiger charge is 2.32. The van der Waals surface area contributed by atoms with Gasteiger partial charge in [0.15, 0.2) is 6.61 Å². The molecule has 2 aromatic rings. The summed E-state index contributed by atoms with van der Waals surface area (Å²) >= 11 is 0. The van der Waals surface area contributed by atoms with Crippen LogP contribution < -0.4 is 37.1 Å². The number of primary amides is 1. The monoisotopic (exact) mass is 700 g/mol. The topological polar surface area (TPSA) is 245 Å². The second-order valence-corrected chi connectivity index (χ2v) is 11.9. The van der Waals surface area contributed by atoms with Crippen molar-refractivity contribution < 1.29 is 43.3 Å². The Morgan fingerprint density at radius 3 is 2.36 bits per heavy atom. The van der Waals surface area contributed by atoms with Crippen molar-refractivity contribution in [3.63, 3.8) is 0 Å². The molecule has 274 valence electrons. The van der Waals surface area contributed by atoms with Crippen molar-refractivity contribution in [1.29, 1.82) is 0 Å². The van der Waals surface area contributed by atoms with Crippen LogP contribution in [0, 0.1) is 5.92 Å². The van der Waals surface area contributed by atoms with E-state index < -0.39 is 66.3 Å². The van der Waals surface area contributed by atoms with Crippen LogP contribution in [0.5, 0.6) is 5.75 Å². The van der Waals surface area contributed by atoms with Gasteiger partial charge in [-0.15, -0.1) is 0 Å². The van der Waals surface area contributed by atoms with E-state index in [1.165, 1.54) is 23.0 Å². The summed E-state index contributed by atoms with van der Waals surface area (Å²) < 4.78 is 12.2. The molecule has 17 heteroatoms. The molecule has 8 N–H and O–H groups in total. The highest BCUT2D eigenvalue weighted by molar-refractivity contribution is 5.99. The molecular weight excluding hydrogens is 652 g/mol. The van der Waals surface area contributed by atoms with Crippen LogP contribution in [0.1, 0.15) is 70.5 Å². The van der Waals surface area contributed by atoms with Crippen molar-refractivity contribution in [1.82, 2.24) is 31.0 Å². The van der Waals surface area contributed by atoms with E-state index in [0.717, 1.165) is 0 Å². The van der Waals surface area contributed by atoms with Crippen molar-refractivity contribution >= 4 is 41.4 Å². The number of nitrogens with one attached hydrogen (secondary N) is 5. The van der Waals surface area contributed by atoms with Crippen molar-refractivity contribution in [2.45, 2.75) is 78.1 Å². The summed E-state index contributed by atoms with van der Waals surface area (Å²) in [6, 6.07) is 0.535. The van der Waals surface area contributed by atoms with Gasteiger partial charge in [0.1, 0.15) is 30.5 Å². The molecule has 0 fully saturated rings. The highest BCUT2D eigenvalue weighted by atomic mass is 16.5. The van der Waals surface area contributed by atoms with Crippen molar-refractivity contribution in [2.24, 2.45) is 18.7 Å². The predicted molar refractivity (Wildman–Crippen MR) is 182 cm³/mol. The van der Waals surface area contributed by atoms with E-state index in [4.69, 9.17) is 15.2 Å². The van der Waals surface area contributed by atoms with Gasteiger partial charge in [-0.1, -0.05) is 33.4 Å². The number of carboxylic acid groups (broad SMARTS) is 1. The number of esters is 1. The number of benzene rings is 1. The lowest BCUT2D eigenvalue weighted by molar-refractivity contribution is -0.145. The Morgan fingerprint density at radius 2 is 1.78 bits per heavy atom. The van der Waals surface area contributed by atoms with E-state index in [2.05, 4.69) is 38.3 Å². The smallest absolute Gasteiger partial charge is 0.341 e. The number of aliphatic carboxylic acids is 1. The van der Waals surface area contributed by atoms with Crippen molar-refractivity contribution in [3.8, 4) is 5.75 Å². The van der Waals surface area contributed by atoms with Gasteiger partial charge in [0.25, 0.3) is 0 Å². The summed E-state index contributed by atoms with van der Waals surface area (Å²) in [5.41, 5.74) is 6.79. The first-order chi connectivity index (χ1) is 23.6. The molecular formula is C33H48N8O9. The van der Waals surface area contributed by atoms with Crippen LogP contribution >= 0.6 is 0 Å². The van der Waals surface area contributed by atoms with Crippen LogP contribution in [0.3, 0.4) is 0 Å². The molecule has 1 aromatic carbocycles. The molecule has 17 nitrogen and oxygen atoms in total. The molecule has 0 bridgehead atoms. The van der Waals surface area contributed by atoms with Crippen LogP contribution in [0.25, 0.3) is 0 Å². The summed E-state index contributed by atoms with van der Waals surface area (Å²) in [4.78, 5) is 75.2. The van der Waals surface area contributed by atoms with Gasteiger partial charge in [-0.25, -0.2) is 9.59 Å². The number of rotatable bonds is 21. The lowest BCUT2D eigenvalue weighted by atomic mass is 10.0. The molecule has 0 saturated heterocycles. The molecule has 0 radical (unpaired) electrons.